The molecule has 0 atom stereocenters. The van der Waals surface area contributed by atoms with Crippen LogP contribution in [0.15, 0.2) is 76.6 Å². The van der Waals surface area contributed by atoms with Crippen molar-refractivity contribution in [2.45, 2.75) is 6.54 Å². The third-order valence-electron chi connectivity index (χ3n) is 4.47. The number of rotatable bonds is 4. The lowest BCUT2D eigenvalue weighted by Crippen LogP contribution is -2.39. The molecular formula is C21H15FN4O3. The van der Waals surface area contributed by atoms with Gasteiger partial charge in [0.05, 0.1) is 17.7 Å². The highest BCUT2D eigenvalue weighted by molar-refractivity contribution is 6.07. The zero-order valence-electron chi connectivity index (χ0n) is 15.1. The molecule has 0 aliphatic rings. The molecule has 0 aliphatic carbocycles. The number of carbonyl (C=O) groups is 1. The Morgan fingerprint density at radius 3 is 2.69 bits per heavy atom. The molecule has 4 aromatic rings. The number of aromatic amines is 1. The number of pyridine rings is 1. The first kappa shape index (κ1) is 18.3. The third-order valence-corrected chi connectivity index (χ3v) is 4.47. The highest BCUT2D eigenvalue weighted by Crippen LogP contribution is 2.20. The van der Waals surface area contributed by atoms with Crippen molar-refractivity contribution in [3.8, 4) is 0 Å². The van der Waals surface area contributed by atoms with Crippen LogP contribution in [0.2, 0.25) is 0 Å². The SMILES string of the molecule is O=C(Nc1cccc2cccnc12)c1c[nH]c(=O)n(Cc2ccccc2F)c1=O. The number of nitrogens with zero attached hydrogens (tertiary/aromatic N) is 2. The second-order valence-corrected chi connectivity index (χ2v) is 6.33. The van der Waals surface area contributed by atoms with Crippen LogP contribution >= 0.6 is 0 Å². The van der Waals surface area contributed by atoms with Gasteiger partial charge in [-0.3, -0.25) is 19.1 Å². The molecule has 2 heterocycles. The fraction of sp³-hybridized carbons (Fsp3) is 0.0476. The maximum atomic E-state index is 13.9. The molecule has 2 N–H and O–H groups in total. The van der Waals surface area contributed by atoms with Gasteiger partial charge in [0.25, 0.3) is 11.5 Å². The molecule has 7 nitrogen and oxygen atoms in total. The van der Waals surface area contributed by atoms with E-state index in [1.54, 1.807) is 30.5 Å². The molecule has 4 rings (SSSR count). The van der Waals surface area contributed by atoms with Crippen molar-refractivity contribution >= 4 is 22.5 Å². The normalized spacial score (nSPS) is 10.8. The highest BCUT2D eigenvalue weighted by Gasteiger charge is 2.17. The van der Waals surface area contributed by atoms with Gasteiger partial charge in [-0.25, -0.2) is 9.18 Å². The molecule has 0 spiro atoms. The topological polar surface area (TPSA) is 96.8 Å². The number of carbonyl (C=O) groups excluding carboxylic acids is 1. The Kier molecular flexibility index (Phi) is 4.74. The highest BCUT2D eigenvalue weighted by atomic mass is 19.1. The number of nitrogens with one attached hydrogen (secondary N) is 2. The summed E-state index contributed by atoms with van der Waals surface area (Å²) < 4.78 is 14.7. The maximum absolute atomic E-state index is 13.9. The third kappa shape index (κ3) is 3.55. The van der Waals surface area contributed by atoms with Crippen LogP contribution in [0.4, 0.5) is 10.1 Å². The predicted octanol–water partition coefficient (Wildman–Crippen LogP) is 2.52. The number of fused-ring (bicyclic) bond motifs is 1. The molecule has 2 aromatic carbocycles. The van der Waals surface area contributed by atoms with Crippen LogP contribution in [-0.4, -0.2) is 20.4 Å². The van der Waals surface area contributed by atoms with Crippen molar-refractivity contribution in [3.63, 3.8) is 0 Å². The largest absolute Gasteiger partial charge is 0.328 e. The van der Waals surface area contributed by atoms with Crippen LogP contribution in [-0.2, 0) is 6.54 Å². The van der Waals surface area contributed by atoms with Crippen molar-refractivity contribution < 1.29 is 9.18 Å². The van der Waals surface area contributed by atoms with Gasteiger partial charge in [-0.2, -0.15) is 0 Å². The Hall–Kier alpha value is -4.07. The van der Waals surface area contributed by atoms with Crippen LogP contribution in [0.25, 0.3) is 10.9 Å². The Balaban J connectivity index is 1.70. The van der Waals surface area contributed by atoms with Crippen molar-refractivity contribution in [2.24, 2.45) is 0 Å². The van der Waals surface area contributed by atoms with Gasteiger partial charge >= 0.3 is 5.69 Å². The van der Waals surface area contributed by atoms with Gasteiger partial charge in [0.15, 0.2) is 0 Å². The minimum absolute atomic E-state index is 0.163. The summed E-state index contributed by atoms with van der Waals surface area (Å²) in [5, 5.41) is 3.48. The summed E-state index contributed by atoms with van der Waals surface area (Å²) in [7, 11) is 0. The molecule has 2 aromatic heterocycles. The van der Waals surface area contributed by atoms with Gasteiger partial charge in [0.2, 0.25) is 0 Å². The van der Waals surface area contributed by atoms with Gasteiger partial charge in [-0.05, 0) is 18.2 Å². The first-order chi connectivity index (χ1) is 14.0. The van der Waals surface area contributed by atoms with Crippen LogP contribution in [0.1, 0.15) is 15.9 Å². The number of aromatic nitrogens is 3. The minimum atomic E-state index is -0.817. The molecule has 1 amide bonds. The van der Waals surface area contributed by atoms with E-state index in [0.29, 0.717) is 11.2 Å². The van der Waals surface area contributed by atoms with Crippen molar-refractivity contribution in [2.75, 3.05) is 5.32 Å². The summed E-state index contributed by atoms with van der Waals surface area (Å²) in [5.41, 5.74) is -0.659. The molecule has 0 fully saturated rings. The van der Waals surface area contributed by atoms with Crippen molar-refractivity contribution in [1.29, 1.82) is 0 Å². The Morgan fingerprint density at radius 1 is 1.07 bits per heavy atom. The lowest BCUT2D eigenvalue weighted by atomic mass is 10.2. The monoisotopic (exact) mass is 390 g/mol. The fourth-order valence-electron chi connectivity index (χ4n) is 3.01. The average Bonchev–Trinajstić information content (AvgIpc) is 2.72. The van der Waals surface area contributed by atoms with E-state index in [2.05, 4.69) is 15.3 Å². The molecule has 0 saturated carbocycles. The van der Waals surface area contributed by atoms with E-state index in [1.165, 1.54) is 18.2 Å². The second-order valence-electron chi connectivity index (χ2n) is 6.33. The van der Waals surface area contributed by atoms with Gasteiger partial charge < -0.3 is 10.3 Å². The van der Waals surface area contributed by atoms with Gasteiger partial charge in [-0.1, -0.05) is 36.4 Å². The Morgan fingerprint density at radius 2 is 1.86 bits per heavy atom. The molecule has 0 saturated heterocycles. The molecule has 0 bridgehead atoms. The van der Waals surface area contributed by atoms with Crippen LogP contribution in [0, 0.1) is 5.82 Å². The smallest absolute Gasteiger partial charge is 0.320 e. The number of halogens is 1. The quantitative estimate of drug-likeness (QED) is 0.560. The number of hydrogen-bond donors (Lipinski definition) is 2. The van der Waals surface area contributed by atoms with E-state index in [-0.39, 0.29) is 17.7 Å². The summed E-state index contributed by atoms with van der Waals surface area (Å²) in [6.07, 6.45) is 2.65. The molecule has 144 valence electrons. The summed E-state index contributed by atoms with van der Waals surface area (Å²) >= 11 is 0. The summed E-state index contributed by atoms with van der Waals surface area (Å²) in [6, 6.07) is 14.7. The summed E-state index contributed by atoms with van der Waals surface area (Å²) in [5.74, 6) is -1.25. The first-order valence-electron chi connectivity index (χ1n) is 8.75. The van der Waals surface area contributed by atoms with Gasteiger partial charge in [0.1, 0.15) is 11.4 Å². The van der Waals surface area contributed by atoms with Gasteiger partial charge in [0, 0.05) is 23.3 Å². The average molecular weight is 390 g/mol. The molecule has 8 heteroatoms. The zero-order valence-corrected chi connectivity index (χ0v) is 15.1. The lowest BCUT2D eigenvalue weighted by Gasteiger charge is -2.10. The standard InChI is InChI=1S/C21H15FN4O3/c22-16-8-2-1-5-14(16)12-26-20(28)15(11-24-21(26)29)19(27)25-17-9-3-6-13-7-4-10-23-18(13)17/h1-11H,12H2,(H,24,29)(H,25,27). The number of H-pyrrole nitrogens is 1. The van der Waals surface area contributed by atoms with Gasteiger partial charge in [-0.15, -0.1) is 0 Å². The van der Waals surface area contributed by atoms with Crippen LogP contribution in [0.5, 0.6) is 0 Å². The zero-order chi connectivity index (χ0) is 20.4. The first-order valence-corrected chi connectivity index (χ1v) is 8.75. The van der Waals surface area contributed by atoms with Crippen LogP contribution < -0.4 is 16.6 Å². The second kappa shape index (κ2) is 7.51. The molecule has 29 heavy (non-hydrogen) atoms. The number of hydrogen-bond acceptors (Lipinski definition) is 4. The van der Waals surface area contributed by atoms with E-state index >= 15 is 0 Å². The van der Waals surface area contributed by atoms with Crippen molar-refractivity contribution in [1.82, 2.24) is 14.5 Å². The maximum Gasteiger partial charge on any atom is 0.328 e. The summed E-state index contributed by atoms with van der Waals surface area (Å²) in [4.78, 5) is 44.2. The predicted molar refractivity (Wildman–Crippen MR) is 107 cm³/mol. The van der Waals surface area contributed by atoms with E-state index < -0.39 is 23.0 Å². The molecule has 0 radical (unpaired) electrons. The van der Waals surface area contributed by atoms with E-state index in [9.17, 15) is 18.8 Å². The number of benzene rings is 2. The fourth-order valence-corrected chi connectivity index (χ4v) is 3.01. The Labute approximate surface area is 163 Å². The Bertz CT molecular complexity index is 1340. The van der Waals surface area contributed by atoms with Crippen LogP contribution in [0.3, 0.4) is 0 Å². The molecule has 0 unspecified atom stereocenters. The number of para-hydroxylation sites is 1. The molecule has 0 aliphatic heterocycles. The van der Waals surface area contributed by atoms with E-state index in [0.717, 1.165) is 16.2 Å². The van der Waals surface area contributed by atoms with E-state index in [1.807, 2.05) is 12.1 Å². The number of amides is 1. The van der Waals surface area contributed by atoms with Crippen molar-refractivity contribution in [3.05, 3.63) is 105 Å². The minimum Gasteiger partial charge on any atom is -0.320 e. The molecular weight excluding hydrogens is 375 g/mol. The summed E-state index contributed by atoms with van der Waals surface area (Å²) in [6.45, 7) is -0.294. The lowest BCUT2D eigenvalue weighted by molar-refractivity contribution is 0.102. The number of anilines is 1. The van der Waals surface area contributed by atoms with E-state index in [4.69, 9.17) is 0 Å².